The summed E-state index contributed by atoms with van der Waals surface area (Å²) in [4.78, 5) is 4.42. The first-order valence-electron chi connectivity index (χ1n) is 20.2. The van der Waals surface area contributed by atoms with Crippen molar-refractivity contribution in [2.24, 2.45) is 0 Å². The molecule has 20 nitrogen and oxygen atoms in total. The molecule has 0 bridgehead atoms. The van der Waals surface area contributed by atoms with Crippen LogP contribution in [0.2, 0.25) is 24.2 Å². The SMILES string of the molecule is C1CO1.CO.CO[Si](CCCN(CCO)CCN(CCO)CCC[Si](OC)(OC)OC)(OC)OC.CO[Si](CCCNCCNCCC[Si](OC)(OC)OC)(OC)OC.[V]. The molecule has 0 aliphatic carbocycles. The van der Waals surface area contributed by atoms with Crippen LogP contribution in [0.4, 0.5) is 0 Å². The molecule has 1 heterocycles. The summed E-state index contributed by atoms with van der Waals surface area (Å²) in [5.74, 6) is 0. The summed E-state index contributed by atoms with van der Waals surface area (Å²) in [6.45, 7) is 10.3. The quantitative estimate of drug-likeness (QED) is 0.0323. The predicted molar refractivity (Wildman–Crippen MR) is 237 cm³/mol. The number of epoxide rings is 1. The van der Waals surface area contributed by atoms with Crippen molar-refractivity contribution in [3.63, 3.8) is 0 Å². The third kappa shape index (κ3) is 32.3. The second-order valence-electron chi connectivity index (χ2n) is 12.8. The fourth-order valence-electron chi connectivity index (χ4n) is 5.79. The summed E-state index contributed by atoms with van der Waals surface area (Å²) in [6, 6.07) is 3.07. The molecule has 1 rings (SSSR count). The van der Waals surface area contributed by atoms with Gasteiger partial charge in [-0.15, -0.1) is 0 Å². The van der Waals surface area contributed by atoms with E-state index in [9.17, 15) is 10.2 Å². The van der Waals surface area contributed by atoms with E-state index in [1.807, 2.05) is 0 Å². The van der Waals surface area contributed by atoms with Gasteiger partial charge in [-0.2, -0.15) is 0 Å². The van der Waals surface area contributed by atoms with Gasteiger partial charge in [0.2, 0.25) is 0 Å². The molecule has 25 heteroatoms. The van der Waals surface area contributed by atoms with Gasteiger partial charge in [-0.1, -0.05) is 0 Å². The molecule has 1 radical (unpaired) electrons. The first kappa shape index (κ1) is 67.2. The van der Waals surface area contributed by atoms with Gasteiger partial charge in [0, 0.05) is 174 Å². The van der Waals surface area contributed by atoms with Gasteiger partial charge in [0.25, 0.3) is 0 Å². The van der Waals surface area contributed by atoms with Crippen molar-refractivity contribution in [2.45, 2.75) is 49.9 Å². The maximum Gasteiger partial charge on any atom is 0.500 e. The zero-order valence-electron chi connectivity index (χ0n) is 39.5. The Bertz CT molecular complexity index is 782. The molecule has 1 fully saturated rings. The molecule has 60 heavy (non-hydrogen) atoms. The Morgan fingerprint density at radius 1 is 0.400 bits per heavy atom. The number of hydrogen-bond acceptors (Lipinski definition) is 20. The van der Waals surface area contributed by atoms with Gasteiger partial charge in [0.05, 0.1) is 26.4 Å². The molecule has 0 saturated carbocycles. The Balaban J connectivity index is -0.000000469. The van der Waals surface area contributed by atoms with E-state index in [-0.39, 0.29) is 31.8 Å². The van der Waals surface area contributed by atoms with Crippen molar-refractivity contribution < 1.29 is 91.7 Å². The smallest absolute Gasteiger partial charge is 0.400 e. The van der Waals surface area contributed by atoms with Gasteiger partial charge in [-0.3, -0.25) is 9.80 Å². The molecule has 0 unspecified atom stereocenters. The maximum absolute atomic E-state index is 9.42. The van der Waals surface area contributed by atoms with Gasteiger partial charge in [0.1, 0.15) is 0 Å². The topological polar surface area (TPSA) is 215 Å². The van der Waals surface area contributed by atoms with Crippen LogP contribution in [-0.4, -0.2) is 245 Å². The monoisotopic (exact) mass is 983 g/mol. The second kappa shape index (κ2) is 44.8. The van der Waals surface area contributed by atoms with Crippen LogP contribution < -0.4 is 10.6 Å². The van der Waals surface area contributed by atoms with Crippen LogP contribution >= 0.6 is 0 Å². The molecular weight excluding hydrogens is 896 g/mol. The van der Waals surface area contributed by atoms with E-state index in [1.54, 1.807) is 85.3 Å². The van der Waals surface area contributed by atoms with E-state index < -0.39 is 35.2 Å². The molecule has 0 aromatic rings. The Morgan fingerprint density at radius 2 is 0.633 bits per heavy atom. The number of nitrogens with one attached hydrogen (secondary N) is 2. The molecule has 5 N–H and O–H groups in total. The van der Waals surface area contributed by atoms with Crippen molar-refractivity contribution in [3.8, 4) is 0 Å². The summed E-state index contributed by atoms with van der Waals surface area (Å²) in [5, 5.41) is 32.6. The van der Waals surface area contributed by atoms with Crippen molar-refractivity contribution >= 4 is 35.2 Å². The van der Waals surface area contributed by atoms with Gasteiger partial charge in [-0.25, -0.2) is 0 Å². The van der Waals surface area contributed by atoms with Gasteiger partial charge >= 0.3 is 35.2 Å². The van der Waals surface area contributed by atoms with Gasteiger partial charge in [0.15, 0.2) is 0 Å². The molecule has 1 aliphatic heterocycles. The Labute approximate surface area is 380 Å². The maximum atomic E-state index is 9.42. The van der Waals surface area contributed by atoms with Crippen molar-refractivity contribution in [2.75, 3.05) is 184 Å². The third-order valence-corrected chi connectivity index (χ3v) is 20.9. The van der Waals surface area contributed by atoms with Crippen LogP contribution in [0.15, 0.2) is 0 Å². The minimum absolute atomic E-state index is 0. The number of hydrogen-bond donors (Lipinski definition) is 5. The van der Waals surface area contributed by atoms with Gasteiger partial charge < -0.3 is 83.8 Å². The van der Waals surface area contributed by atoms with Crippen LogP contribution in [0.1, 0.15) is 25.7 Å². The van der Waals surface area contributed by atoms with Crippen molar-refractivity contribution in [3.05, 3.63) is 0 Å². The summed E-state index contributed by atoms with van der Waals surface area (Å²) < 4.78 is 69.7. The van der Waals surface area contributed by atoms with Crippen molar-refractivity contribution in [1.29, 1.82) is 0 Å². The zero-order valence-corrected chi connectivity index (χ0v) is 44.9. The number of ether oxygens (including phenoxy) is 1. The average Bonchev–Trinajstić information content (AvgIpc) is 4.18. The fraction of sp³-hybridized carbons (Fsp3) is 1.00. The van der Waals surface area contributed by atoms with E-state index in [1.165, 1.54) is 0 Å². The number of aliphatic hydroxyl groups is 3. The van der Waals surface area contributed by atoms with Crippen LogP contribution in [0, 0.1) is 0 Å². The van der Waals surface area contributed by atoms with Crippen LogP contribution in [0.3, 0.4) is 0 Å². The predicted octanol–water partition coefficient (Wildman–Crippen LogP) is 0.436. The average molecular weight is 984 g/mol. The molecule has 0 amide bonds. The molecule has 0 aromatic heterocycles. The summed E-state index contributed by atoms with van der Waals surface area (Å²) in [7, 11) is 10.6. The molecule has 0 atom stereocenters. The van der Waals surface area contributed by atoms with Crippen molar-refractivity contribution in [1.82, 2.24) is 20.4 Å². The summed E-state index contributed by atoms with van der Waals surface area (Å²) in [6.07, 6.45) is 3.63. The second-order valence-corrected chi connectivity index (χ2v) is 25.2. The minimum atomic E-state index is -2.58. The molecule has 1 aliphatic rings. The number of aliphatic hydroxyl groups excluding tert-OH is 3. The number of nitrogens with zero attached hydrogens (tertiary/aromatic N) is 2. The Morgan fingerprint density at radius 3 is 0.833 bits per heavy atom. The summed E-state index contributed by atoms with van der Waals surface area (Å²) in [5.41, 5.74) is 0. The van der Waals surface area contributed by atoms with Crippen LogP contribution in [0.25, 0.3) is 0 Å². The Hall–Kier alpha value is 0.652. The normalized spacial score (nSPS) is 12.9. The van der Waals surface area contributed by atoms with Gasteiger partial charge in [-0.05, 0) is 51.9 Å². The minimum Gasteiger partial charge on any atom is -0.400 e. The van der Waals surface area contributed by atoms with Crippen LogP contribution in [-0.2, 0) is 76.4 Å². The largest absolute Gasteiger partial charge is 0.500 e. The first-order valence-corrected chi connectivity index (χ1v) is 28.0. The van der Waals surface area contributed by atoms with E-state index in [0.717, 1.165) is 123 Å². The summed E-state index contributed by atoms with van der Waals surface area (Å²) >= 11 is 0. The molecule has 0 spiro atoms. The van der Waals surface area contributed by atoms with E-state index in [4.69, 9.17) is 58.2 Å². The van der Waals surface area contributed by atoms with E-state index in [2.05, 4.69) is 25.2 Å². The molecule has 1 saturated heterocycles. The molecule has 365 valence electrons. The third-order valence-electron chi connectivity index (χ3n) is 9.57. The standard InChI is InChI=1S/C18H44N2O8Si2.C14H36N2O6Si2.C2H4O.CH4O.V/c1-23-29(24-2,25-3)17-7-9-19(13-15-21)11-12-20(14-16-22)10-8-18-30(26-4,27-5)28-6;1-17-23(18-2,19-3)13-7-9-15-11-12-16-10-8-14-24(20-4,21-5)22-6;1-2-3-1;1-2;/h21-22H,7-18H2,1-6H3;15-16H,7-14H2,1-6H3;1-2H2;2H,1H3;. The zero-order chi connectivity index (χ0) is 45.3. The number of rotatable bonds is 38. The van der Waals surface area contributed by atoms with E-state index >= 15 is 0 Å². The molecular formula is C35H88N4O16Si4V. The Kier molecular flexibility index (Phi) is 50.3. The fourth-order valence-corrected chi connectivity index (χ4v) is 12.6. The van der Waals surface area contributed by atoms with Crippen LogP contribution in [0.5, 0.6) is 0 Å². The molecule has 0 aromatic carbocycles. The van der Waals surface area contributed by atoms with E-state index in [0.29, 0.717) is 13.1 Å². The first-order chi connectivity index (χ1) is 28.5.